The van der Waals surface area contributed by atoms with Crippen molar-refractivity contribution >= 4 is 5.69 Å². The first-order valence-electron chi connectivity index (χ1n) is 6.38. The van der Waals surface area contributed by atoms with E-state index in [-0.39, 0.29) is 11.6 Å². The molecular weight excluding hydrogens is 240 g/mol. The lowest BCUT2D eigenvalue weighted by atomic mass is 10.2. The zero-order chi connectivity index (χ0) is 13.7. The van der Waals surface area contributed by atoms with E-state index in [0.717, 1.165) is 17.7 Å². The summed E-state index contributed by atoms with van der Waals surface area (Å²) in [7, 11) is 0. The van der Waals surface area contributed by atoms with E-state index >= 15 is 0 Å². The van der Waals surface area contributed by atoms with Gasteiger partial charge in [-0.05, 0) is 38.0 Å². The molecule has 1 N–H and O–H groups in total. The highest BCUT2D eigenvalue weighted by molar-refractivity contribution is 5.39. The molecule has 2 aromatic rings. The van der Waals surface area contributed by atoms with Gasteiger partial charge in [0, 0.05) is 31.0 Å². The van der Waals surface area contributed by atoms with Crippen LogP contribution in [0.2, 0.25) is 0 Å². The van der Waals surface area contributed by atoms with Crippen LogP contribution in [0, 0.1) is 0 Å². The van der Waals surface area contributed by atoms with Gasteiger partial charge in [0.15, 0.2) is 0 Å². The molecule has 2 aromatic heterocycles. The standard InChI is InChI=1S/C14H18N4O/c1-11(2)17-13-9-14(19)18(16-10-13)8-5-12-3-6-15-7-4-12/h3-4,6-7,9-11,17H,5,8H2,1-2H3. The first kappa shape index (κ1) is 13.3. The number of hydrogen-bond acceptors (Lipinski definition) is 4. The van der Waals surface area contributed by atoms with Crippen LogP contribution in [0.5, 0.6) is 0 Å². The summed E-state index contributed by atoms with van der Waals surface area (Å²) < 4.78 is 1.48. The topological polar surface area (TPSA) is 59.8 Å². The first-order chi connectivity index (χ1) is 9.15. The van der Waals surface area contributed by atoms with Gasteiger partial charge in [-0.1, -0.05) is 0 Å². The monoisotopic (exact) mass is 258 g/mol. The number of nitrogens with zero attached hydrogens (tertiary/aromatic N) is 3. The van der Waals surface area contributed by atoms with Gasteiger partial charge in [0.25, 0.3) is 5.56 Å². The Morgan fingerprint density at radius 3 is 2.68 bits per heavy atom. The lowest BCUT2D eigenvalue weighted by Gasteiger charge is -2.10. The average Bonchev–Trinajstić information content (AvgIpc) is 2.38. The molecule has 2 rings (SSSR count). The van der Waals surface area contributed by atoms with Crippen LogP contribution in [0.4, 0.5) is 5.69 Å². The molecule has 5 heteroatoms. The molecular formula is C14H18N4O. The molecule has 5 nitrogen and oxygen atoms in total. The summed E-state index contributed by atoms with van der Waals surface area (Å²) in [6.07, 6.45) is 5.96. The van der Waals surface area contributed by atoms with E-state index in [1.807, 2.05) is 26.0 Å². The first-order valence-corrected chi connectivity index (χ1v) is 6.38. The predicted molar refractivity (Wildman–Crippen MR) is 75.2 cm³/mol. The Bertz CT molecular complexity index is 577. The lowest BCUT2D eigenvalue weighted by molar-refractivity contribution is 0.578. The van der Waals surface area contributed by atoms with Gasteiger partial charge >= 0.3 is 0 Å². The number of anilines is 1. The zero-order valence-electron chi connectivity index (χ0n) is 11.2. The van der Waals surface area contributed by atoms with Crippen molar-refractivity contribution in [3.8, 4) is 0 Å². The maximum absolute atomic E-state index is 11.9. The fourth-order valence-corrected chi connectivity index (χ4v) is 1.80. The molecule has 0 spiro atoms. The summed E-state index contributed by atoms with van der Waals surface area (Å²) in [5, 5.41) is 7.33. The van der Waals surface area contributed by atoms with E-state index in [1.54, 1.807) is 24.7 Å². The van der Waals surface area contributed by atoms with Crippen molar-refractivity contribution in [2.45, 2.75) is 32.9 Å². The van der Waals surface area contributed by atoms with Crippen LogP contribution in [0.25, 0.3) is 0 Å². The Labute approximate surface area is 112 Å². The third-order valence-corrected chi connectivity index (χ3v) is 2.69. The van der Waals surface area contributed by atoms with E-state index in [2.05, 4.69) is 15.4 Å². The fraction of sp³-hybridized carbons (Fsp3) is 0.357. The molecule has 0 aliphatic carbocycles. The van der Waals surface area contributed by atoms with Crippen LogP contribution >= 0.6 is 0 Å². The highest BCUT2D eigenvalue weighted by Gasteiger charge is 2.02. The highest BCUT2D eigenvalue weighted by atomic mass is 16.1. The Kier molecular flexibility index (Phi) is 4.28. The van der Waals surface area contributed by atoms with E-state index in [1.165, 1.54) is 4.68 Å². The van der Waals surface area contributed by atoms with Crippen molar-refractivity contribution in [1.29, 1.82) is 0 Å². The lowest BCUT2D eigenvalue weighted by Crippen LogP contribution is -2.24. The van der Waals surface area contributed by atoms with Gasteiger partial charge in [-0.25, -0.2) is 4.68 Å². The molecule has 0 aromatic carbocycles. The Hall–Kier alpha value is -2.17. The molecule has 0 atom stereocenters. The van der Waals surface area contributed by atoms with Gasteiger partial charge in [0.2, 0.25) is 0 Å². The van der Waals surface area contributed by atoms with Crippen molar-refractivity contribution < 1.29 is 0 Å². The third kappa shape index (κ3) is 3.91. The second-order valence-corrected chi connectivity index (χ2v) is 4.71. The van der Waals surface area contributed by atoms with Crippen molar-refractivity contribution in [1.82, 2.24) is 14.8 Å². The predicted octanol–water partition coefficient (Wildman–Crippen LogP) is 1.70. The molecule has 0 saturated carbocycles. The van der Waals surface area contributed by atoms with E-state index in [0.29, 0.717) is 6.54 Å². The molecule has 0 saturated heterocycles. The molecule has 0 aliphatic heterocycles. The van der Waals surface area contributed by atoms with E-state index in [4.69, 9.17) is 0 Å². The molecule has 0 unspecified atom stereocenters. The summed E-state index contributed by atoms with van der Waals surface area (Å²) >= 11 is 0. The summed E-state index contributed by atoms with van der Waals surface area (Å²) in [6, 6.07) is 5.76. The quantitative estimate of drug-likeness (QED) is 0.886. The van der Waals surface area contributed by atoms with Gasteiger partial charge in [-0.15, -0.1) is 0 Å². The van der Waals surface area contributed by atoms with Crippen molar-refractivity contribution in [2.24, 2.45) is 0 Å². The summed E-state index contributed by atoms with van der Waals surface area (Å²) in [5.41, 5.74) is 1.83. The van der Waals surface area contributed by atoms with Crippen LogP contribution in [0.3, 0.4) is 0 Å². The van der Waals surface area contributed by atoms with Gasteiger partial charge < -0.3 is 5.32 Å². The minimum Gasteiger partial charge on any atom is -0.381 e. The third-order valence-electron chi connectivity index (χ3n) is 2.69. The maximum Gasteiger partial charge on any atom is 0.268 e. The van der Waals surface area contributed by atoms with Crippen LogP contribution < -0.4 is 10.9 Å². The van der Waals surface area contributed by atoms with Gasteiger partial charge in [-0.2, -0.15) is 5.10 Å². The number of pyridine rings is 1. The van der Waals surface area contributed by atoms with Crippen LogP contribution in [-0.2, 0) is 13.0 Å². The Morgan fingerprint density at radius 2 is 2.05 bits per heavy atom. The second-order valence-electron chi connectivity index (χ2n) is 4.71. The highest BCUT2D eigenvalue weighted by Crippen LogP contribution is 2.03. The summed E-state index contributed by atoms with van der Waals surface area (Å²) in [4.78, 5) is 15.9. The Balaban J connectivity index is 2.03. The molecule has 0 aliphatic rings. The molecule has 100 valence electrons. The van der Waals surface area contributed by atoms with Crippen LogP contribution in [0.1, 0.15) is 19.4 Å². The second kappa shape index (κ2) is 6.13. The minimum atomic E-state index is -0.0836. The molecule has 19 heavy (non-hydrogen) atoms. The van der Waals surface area contributed by atoms with E-state index in [9.17, 15) is 4.79 Å². The van der Waals surface area contributed by atoms with E-state index < -0.39 is 0 Å². The van der Waals surface area contributed by atoms with Crippen LogP contribution in [0.15, 0.2) is 41.6 Å². The number of aryl methyl sites for hydroxylation is 2. The van der Waals surface area contributed by atoms with Crippen LogP contribution in [-0.4, -0.2) is 20.8 Å². The van der Waals surface area contributed by atoms with Gasteiger partial charge in [0.05, 0.1) is 11.9 Å². The molecule has 0 radical (unpaired) electrons. The van der Waals surface area contributed by atoms with Crippen molar-refractivity contribution in [2.75, 3.05) is 5.32 Å². The zero-order valence-corrected chi connectivity index (χ0v) is 11.2. The molecule has 0 bridgehead atoms. The average molecular weight is 258 g/mol. The number of aromatic nitrogens is 3. The number of nitrogens with one attached hydrogen (secondary N) is 1. The van der Waals surface area contributed by atoms with Gasteiger partial charge in [0.1, 0.15) is 0 Å². The maximum atomic E-state index is 11.9. The van der Waals surface area contributed by atoms with Crippen molar-refractivity contribution in [3.05, 3.63) is 52.7 Å². The summed E-state index contributed by atoms with van der Waals surface area (Å²) in [5.74, 6) is 0. The van der Waals surface area contributed by atoms with Gasteiger partial charge in [-0.3, -0.25) is 9.78 Å². The SMILES string of the molecule is CC(C)Nc1cnn(CCc2ccncc2)c(=O)c1. The molecule has 0 fully saturated rings. The largest absolute Gasteiger partial charge is 0.381 e. The molecule has 2 heterocycles. The molecule has 0 amide bonds. The summed E-state index contributed by atoms with van der Waals surface area (Å²) in [6.45, 7) is 4.62. The minimum absolute atomic E-state index is 0.0836. The van der Waals surface area contributed by atoms with Crippen molar-refractivity contribution in [3.63, 3.8) is 0 Å². The smallest absolute Gasteiger partial charge is 0.268 e. The number of rotatable bonds is 5. The fourth-order valence-electron chi connectivity index (χ4n) is 1.80. The number of hydrogen-bond donors (Lipinski definition) is 1. The normalized spacial score (nSPS) is 10.7. The Morgan fingerprint density at radius 1 is 1.32 bits per heavy atom.